The first-order valence-corrected chi connectivity index (χ1v) is 10.3. The van der Waals surface area contributed by atoms with Gasteiger partial charge in [-0.1, -0.05) is 0 Å². The van der Waals surface area contributed by atoms with Gasteiger partial charge in [0.05, 0.1) is 20.3 Å². The standard InChI is InChI=1S/C18H28N2O7S/c1-6-27-17(21)12-20(9-10-25-4)18(22)14-7-8-15(26-5)16(11-14)28(23,24)19-13(2)3/h7-8,11,13,19H,6,9-10,12H2,1-5H3. The smallest absolute Gasteiger partial charge is 0.325 e. The Morgan fingerprint density at radius 2 is 1.89 bits per heavy atom. The molecule has 28 heavy (non-hydrogen) atoms. The lowest BCUT2D eigenvalue weighted by atomic mass is 10.2. The van der Waals surface area contributed by atoms with Gasteiger partial charge >= 0.3 is 5.97 Å². The van der Waals surface area contributed by atoms with Crippen molar-refractivity contribution >= 4 is 21.9 Å². The highest BCUT2D eigenvalue weighted by molar-refractivity contribution is 7.89. The van der Waals surface area contributed by atoms with Gasteiger partial charge in [0.25, 0.3) is 5.91 Å². The second-order valence-corrected chi connectivity index (χ2v) is 7.85. The molecule has 0 spiro atoms. The Morgan fingerprint density at radius 1 is 1.21 bits per heavy atom. The zero-order valence-electron chi connectivity index (χ0n) is 16.9. The lowest BCUT2D eigenvalue weighted by molar-refractivity contribution is -0.143. The third-order valence-electron chi connectivity index (χ3n) is 3.57. The predicted octanol–water partition coefficient (Wildman–Crippen LogP) is 1.03. The Hall–Kier alpha value is -2.17. The van der Waals surface area contributed by atoms with Crippen LogP contribution in [0.5, 0.6) is 5.75 Å². The number of carbonyl (C=O) groups is 2. The van der Waals surface area contributed by atoms with Gasteiger partial charge in [-0.3, -0.25) is 9.59 Å². The van der Waals surface area contributed by atoms with Gasteiger partial charge in [0, 0.05) is 25.3 Å². The maximum atomic E-state index is 12.9. The van der Waals surface area contributed by atoms with Crippen LogP contribution < -0.4 is 9.46 Å². The molecule has 158 valence electrons. The van der Waals surface area contributed by atoms with Gasteiger partial charge in [0.1, 0.15) is 17.2 Å². The summed E-state index contributed by atoms with van der Waals surface area (Å²) in [5, 5.41) is 0. The molecule has 0 fully saturated rings. The topological polar surface area (TPSA) is 111 Å². The lowest BCUT2D eigenvalue weighted by Crippen LogP contribution is -2.39. The largest absolute Gasteiger partial charge is 0.495 e. The van der Waals surface area contributed by atoms with Crippen molar-refractivity contribution in [3.8, 4) is 5.75 Å². The van der Waals surface area contributed by atoms with Crippen molar-refractivity contribution in [3.05, 3.63) is 23.8 Å². The Labute approximate surface area is 166 Å². The molecule has 0 aliphatic carbocycles. The van der Waals surface area contributed by atoms with Crippen LogP contribution in [-0.2, 0) is 24.3 Å². The highest BCUT2D eigenvalue weighted by Crippen LogP contribution is 2.25. The molecule has 0 radical (unpaired) electrons. The molecular weight excluding hydrogens is 388 g/mol. The molecule has 9 nitrogen and oxygen atoms in total. The van der Waals surface area contributed by atoms with Crippen LogP contribution in [0.2, 0.25) is 0 Å². The van der Waals surface area contributed by atoms with Gasteiger partial charge in [-0.25, -0.2) is 13.1 Å². The summed E-state index contributed by atoms with van der Waals surface area (Å²) in [6, 6.07) is 3.74. The van der Waals surface area contributed by atoms with E-state index in [1.807, 2.05) is 0 Å². The molecule has 1 aromatic rings. The number of amides is 1. The van der Waals surface area contributed by atoms with Crippen molar-refractivity contribution in [2.45, 2.75) is 31.7 Å². The van der Waals surface area contributed by atoms with E-state index in [1.165, 1.54) is 37.3 Å². The summed E-state index contributed by atoms with van der Waals surface area (Å²) in [5.41, 5.74) is 0.102. The summed E-state index contributed by atoms with van der Waals surface area (Å²) in [6.45, 7) is 5.32. The molecule has 0 bridgehead atoms. The van der Waals surface area contributed by atoms with Crippen LogP contribution in [0.15, 0.2) is 23.1 Å². The van der Waals surface area contributed by atoms with E-state index < -0.39 is 21.9 Å². The van der Waals surface area contributed by atoms with Crippen LogP contribution >= 0.6 is 0 Å². The number of rotatable bonds is 11. The summed E-state index contributed by atoms with van der Waals surface area (Å²) in [7, 11) is -1.08. The summed E-state index contributed by atoms with van der Waals surface area (Å²) >= 11 is 0. The number of methoxy groups -OCH3 is 2. The molecule has 0 unspecified atom stereocenters. The number of hydrogen-bond acceptors (Lipinski definition) is 7. The summed E-state index contributed by atoms with van der Waals surface area (Å²) in [4.78, 5) is 25.8. The van der Waals surface area contributed by atoms with Crippen LogP contribution in [0.4, 0.5) is 0 Å². The van der Waals surface area contributed by atoms with Gasteiger partial charge < -0.3 is 19.1 Å². The number of benzene rings is 1. The van der Waals surface area contributed by atoms with Crippen molar-refractivity contribution in [1.29, 1.82) is 0 Å². The second kappa shape index (κ2) is 11.0. The number of nitrogens with zero attached hydrogens (tertiary/aromatic N) is 1. The van der Waals surface area contributed by atoms with Crippen molar-refractivity contribution in [2.75, 3.05) is 40.5 Å². The van der Waals surface area contributed by atoms with Crippen LogP contribution in [0, 0.1) is 0 Å². The third-order valence-corrected chi connectivity index (χ3v) is 5.25. The molecule has 0 aliphatic rings. The minimum atomic E-state index is -3.89. The molecule has 1 aromatic carbocycles. The van der Waals surface area contributed by atoms with E-state index in [-0.39, 0.29) is 48.6 Å². The first-order valence-electron chi connectivity index (χ1n) is 8.80. The van der Waals surface area contributed by atoms with Gasteiger partial charge in [-0.15, -0.1) is 0 Å². The molecule has 1 amide bonds. The molecule has 10 heteroatoms. The van der Waals surface area contributed by atoms with Crippen molar-refractivity contribution in [2.24, 2.45) is 0 Å². The van der Waals surface area contributed by atoms with E-state index >= 15 is 0 Å². The quantitative estimate of drug-likeness (QED) is 0.536. The van der Waals surface area contributed by atoms with Crippen LogP contribution in [0.25, 0.3) is 0 Å². The van der Waals surface area contributed by atoms with Crippen LogP contribution in [0.3, 0.4) is 0 Å². The third kappa shape index (κ3) is 6.77. The molecule has 1 rings (SSSR count). The predicted molar refractivity (Wildman–Crippen MR) is 103 cm³/mol. The maximum Gasteiger partial charge on any atom is 0.325 e. The fourth-order valence-electron chi connectivity index (χ4n) is 2.39. The molecule has 0 atom stereocenters. The molecule has 0 heterocycles. The van der Waals surface area contributed by atoms with Crippen LogP contribution in [-0.4, -0.2) is 71.8 Å². The first kappa shape index (κ1) is 23.9. The van der Waals surface area contributed by atoms with E-state index in [4.69, 9.17) is 14.2 Å². The number of sulfonamides is 1. The van der Waals surface area contributed by atoms with Gasteiger partial charge in [-0.2, -0.15) is 0 Å². The fourth-order valence-corrected chi connectivity index (χ4v) is 3.84. The fraction of sp³-hybridized carbons (Fsp3) is 0.556. The van der Waals surface area contributed by atoms with Crippen molar-refractivity contribution in [1.82, 2.24) is 9.62 Å². The molecular formula is C18H28N2O7S. The average molecular weight is 416 g/mol. The minimum Gasteiger partial charge on any atom is -0.495 e. The number of ether oxygens (including phenoxy) is 3. The van der Waals surface area contributed by atoms with Gasteiger partial charge in [-0.05, 0) is 39.0 Å². The second-order valence-electron chi connectivity index (χ2n) is 6.17. The van der Waals surface area contributed by atoms with E-state index in [1.54, 1.807) is 20.8 Å². The highest BCUT2D eigenvalue weighted by atomic mass is 32.2. The van der Waals surface area contributed by atoms with Gasteiger partial charge in [0.15, 0.2) is 0 Å². The number of hydrogen-bond donors (Lipinski definition) is 1. The number of esters is 1. The Bertz CT molecular complexity index is 778. The van der Waals surface area contributed by atoms with E-state index in [2.05, 4.69) is 4.72 Å². The average Bonchev–Trinajstić information content (AvgIpc) is 2.63. The number of carbonyl (C=O) groups excluding carboxylic acids is 2. The Balaban J connectivity index is 3.26. The molecule has 0 saturated heterocycles. The summed E-state index contributed by atoms with van der Waals surface area (Å²) in [6.07, 6.45) is 0. The lowest BCUT2D eigenvalue weighted by Gasteiger charge is -2.22. The molecule has 0 saturated carbocycles. The molecule has 1 N–H and O–H groups in total. The van der Waals surface area contributed by atoms with E-state index in [0.717, 1.165) is 0 Å². The normalized spacial score (nSPS) is 11.4. The summed E-state index contributed by atoms with van der Waals surface area (Å²) in [5.74, 6) is -0.970. The SMILES string of the molecule is CCOC(=O)CN(CCOC)C(=O)c1ccc(OC)c(S(=O)(=O)NC(C)C)c1. The van der Waals surface area contributed by atoms with Crippen molar-refractivity contribution < 1.29 is 32.2 Å². The van der Waals surface area contributed by atoms with E-state index in [9.17, 15) is 18.0 Å². The number of nitrogens with one attached hydrogen (secondary N) is 1. The van der Waals surface area contributed by atoms with Crippen molar-refractivity contribution in [3.63, 3.8) is 0 Å². The van der Waals surface area contributed by atoms with E-state index in [0.29, 0.717) is 0 Å². The maximum absolute atomic E-state index is 12.9. The zero-order valence-corrected chi connectivity index (χ0v) is 17.7. The van der Waals surface area contributed by atoms with Gasteiger partial charge in [0.2, 0.25) is 10.0 Å². The molecule has 0 aliphatic heterocycles. The minimum absolute atomic E-state index is 0.102. The first-order chi connectivity index (χ1) is 13.2. The monoisotopic (exact) mass is 416 g/mol. The molecule has 0 aromatic heterocycles. The summed E-state index contributed by atoms with van der Waals surface area (Å²) < 4.78 is 42.7. The zero-order chi connectivity index (χ0) is 21.3. The van der Waals surface area contributed by atoms with Crippen LogP contribution in [0.1, 0.15) is 31.1 Å². The Morgan fingerprint density at radius 3 is 2.43 bits per heavy atom. The Kier molecular flexibility index (Phi) is 9.36. The highest BCUT2D eigenvalue weighted by Gasteiger charge is 2.25.